The van der Waals surface area contributed by atoms with Crippen LogP contribution in [0.4, 0.5) is 5.69 Å². The fraction of sp³-hybridized carbons (Fsp3) is 0.308. The summed E-state index contributed by atoms with van der Waals surface area (Å²) in [6, 6.07) is 7.28. The fourth-order valence-electron chi connectivity index (χ4n) is 1.95. The van der Waals surface area contributed by atoms with Crippen molar-refractivity contribution < 1.29 is 8.42 Å². The zero-order valence-corrected chi connectivity index (χ0v) is 12.9. The van der Waals surface area contributed by atoms with Gasteiger partial charge in [0.1, 0.15) is 0 Å². The SMILES string of the molecule is CCCc1ccccc1NS(=O)(=O)c1sc(=O)[nH]c1C. The monoisotopic (exact) mass is 312 g/mol. The Labute approximate surface area is 121 Å². The van der Waals surface area contributed by atoms with Gasteiger partial charge in [-0.3, -0.25) is 9.52 Å². The molecule has 0 radical (unpaired) electrons. The molecular formula is C13H16N2O3S2. The van der Waals surface area contributed by atoms with Crippen LogP contribution in [0.15, 0.2) is 33.3 Å². The molecule has 1 aromatic heterocycles. The van der Waals surface area contributed by atoms with E-state index in [9.17, 15) is 13.2 Å². The molecule has 0 saturated carbocycles. The third-order valence-electron chi connectivity index (χ3n) is 2.81. The summed E-state index contributed by atoms with van der Waals surface area (Å²) in [5.74, 6) is 0. The Hall–Kier alpha value is -1.60. The molecular weight excluding hydrogens is 296 g/mol. The lowest BCUT2D eigenvalue weighted by atomic mass is 10.1. The van der Waals surface area contributed by atoms with Gasteiger partial charge in [0, 0.05) is 5.69 Å². The number of hydrogen-bond donors (Lipinski definition) is 2. The normalized spacial score (nSPS) is 11.5. The van der Waals surface area contributed by atoms with Gasteiger partial charge in [-0.25, -0.2) is 8.42 Å². The summed E-state index contributed by atoms with van der Waals surface area (Å²) in [4.78, 5) is 13.4. The van der Waals surface area contributed by atoms with E-state index in [0.717, 1.165) is 18.4 Å². The van der Waals surface area contributed by atoms with Crippen LogP contribution in [-0.2, 0) is 16.4 Å². The third-order valence-corrected chi connectivity index (χ3v) is 5.78. The van der Waals surface area contributed by atoms with Crippen molar-refractivity contribution in [3.63, 3.8) is 0 Å². The molecule has 0 bridgehead atoms. The molecule has 1 aromatic carbocycles. The lowest BCUT2D eigenvalue weighted by molar-refractivity contribution is 0.602. The summed E-state index contributed by atoms with van der Waals surface area (Å²) in [6.45, 7) is 3.61. The standard InChI is InChI=1S/C13H16N2O3S2/c1-3-6-10-7-4-5-8-11(10)15-20(17,18)12-9(2)14-13(16)19-12/h4-5,7-8,15H,3,6H2,1-2H3,(H,14,16). The van der Waals surface area contributed by atoms with Crippen LogP contribution in [0.2, 0.25) is 0 Å². The van der Waals surface area contributed by atoms with Crippen LogP contribution in [0.25, 0.3) is 0 Å². The second-order valence-electron chi connectivity index (χ2n) is 4.44. The zero-order chi connectivity index (χ0) is 14.8. The predicted molar refractivity (Wildman–Crippen MR) is 80.9 cm³/mol. The van der Waals surface area contributed by atoms with Crippen LogP contribution >= 0.6 is 11.3 Å². The molecule has 0 aliphatic carbocycles. The van der Waals surface area contributed by atoms with Crippen molar-refractivity contribution in [3.05, 3.63) is 45.2 Å². The molecule has 0 spiro atoms. The topological polar surface area (TPSA) is 79.0 Å². The molecule has 5 nitrogen and oxygen atoms in total. The molecule has 20 heavy (non-hydrogen) atoms. The second-order valence-corrected chi connectivity index (χ2v) is 7.30. The van der Waals surface area contributed by atoms with Crippen molar-refractivity contribution in [3.8, 4) is 0 Å². The molecule has 7 heteroatoms. The van der Waals surface area contributed by atoms with Gasteiger partial charge in [-0.1, -0.05) is 42.9 Å². The summed E-state index contributed by atoms with van der Waals surface area (Å²) < 4.78 is 27.3. The largest absolute Gasteiger partial charge is 0.315 e. The molecule has 0 aliphatic heterocycles. The van der Waals surface area contributed by atoms with Crippen molar-refractivity contribution in [2.24, 2.45) is 0 Å². The van der Waals surface area contributed by atoms with Crippen LogP contribution in [-0.4, -0.2) is 13.4 Å². The number of aromatic amines is 1. The molecule has 2 rings (SSSR count). The highest BCUT2D eigenvalue weighted by Gasteiger charge is 2.21. The summed E-state index contributed by atoms with van der Waals surface area (Å²) >= 11 is 0.698. The van der Waals surface area contributed by atoms with Crippen molar-refractivity contribution in [1.29, 1.82) is 0 Å². The van der Waals surface area contributed by atoms with E-state index in [1.54, 1.807) is 19.1 Å². The van der Waals surface area contributed by atoms with Crippen LogP contribution in [0.1, 0.15) is 24.6 Å². The Morgan fingerprint density at radius 3 is 2.60 bits per heavy atom. The number of aromatic nitrogens is 1. The molecule has 1 heterocycles. The molecule has 0 saturated heterocycles. The van der Waals surface area contributed by atoms with E-state index in [1.807, 2.05) is 19.1 Å². The van der Waals surface area contributed by atoms with Gasteiger partial charge in [0.25, 0.3) is 10.0 Å². The molecule has 0 aliphatic rings. The van der Waals surface area contributed by atoms with Gasteiger partial charge in [-0.2, -0.15) is 0 Å². The summed E-state index contributed by atoms with van der Waals surface area (Å²) in [5, 5.41) is 0. The average Bonchev–Trinajstić information content (AvgIpc) is 2.72. The van der Waals surface area contributed by atoms with Gasteiger partial charge in [-0.15, -0.1) is 0 Å². The first-order valence-corrected chi connectivity index (χ1v) is 8.54. The van der Waals surface area contributed by atoms with Crippen LogP contribution in [0.5, 0.6) is 0 Å². The number of nitrogens with one attached hydrogen (secondary N) is 2. The molecule has 0 unspecified atom stereocenters. The molecule has 2 N–H and O–H groups in total. The Morgan fingerprint density at radius 2 is 2.00 bits per heavy atom. The lowest BCUT2D eigenvalue weighted by Gasteiger charge is -2.11. The lowest BCUT2D eigenvalue weighted by Crippen LogP contribution is -2.14. The van der Waals surface area contributed by atoms with Gasteiger partial charge < -0.3 is 4.98 Å². The highest BCUT2D eigenvalue weighted by molar-refractivity contribution is 7.94. The van der Waals surface area contributed by atoms with Gasteiger partial charge in [0.15, 0.2) is 4.21 Å². The van der Waals surface area contributed by atoms with Gasteiger partial charge in [0.05, 0.1) is 5.69 Å². The molecule has 0 atom stereocenters. The minimum atomic E-state index is -3.73. The number of aryl methyl sites for hydroxylation is 2. The van der Waals surface area contributed by atoms with Crippen molar-refractivity contribution >= 4 is 27.0 Å². The van der Waals surface area contributed by atoms with E-state index in [1.165, 1.54) is 0 Å². The number of anilines is 1. The Morgan fingerprint density at radius 1 is 1.30 bits per heavy atom. The smallest absolute Gasteiger partial charge is 0.306 e. The highest BCUT2D eigenvalue weighted by Crippen LogP contribution is 2.23. The van der Waals surface area contributed by atoms with Crippen LogP contribution in [0, 0.1) is 6.92 Å². The molecule has 0 fully saturated rings. The molecule has 2 aromatic rings. The summed E-state index contributed by atoms with van der Waals surface area (Å²) in [5.41, 5.74) is 1.87. The van der Waals surface area contributed by atoms with E-state index < -0.39 is 10.0 Å². The minimum absolute atomic E-state index is 0.0359. The van der Waals surface area contributed by atoms with Gasteiger partial charge in [-0.05, 0) is 25.0 Å². The Balaban J connectivity index is 2.38. The number of hydrogen-bond acceptors (Lipinski definition) is 4. The predicted octanol–water partition coefficient (Wildman–Crippen LogP) is 2.50. The molecule has 0 amide bonds. The van der Waals surface area contributed by atoms with Crippen LogP contribution < -0.4 is 9.60 Å². The zero-order valence-electron chi connectivity index (χ0n) is 11.3. The number of thiazole rings is 1. The highest BCUT2D eigenvalue weighted by atomic mass is 32.2. The van der Waals surface area contributed by atoms with E-state index >= 15 is 0 Å². The number of para-hydroxylation sites is 1. The second kappa shape index (κ2) is 5.80. The van der Waals surface area contributed by atoms with E-state index in [4.69, 9.17) is 0 Å². The maximum absolute atomic E-state index is 12.3. The fourth-order valence-corrected chi connectivity index (χ4v) is 4.35. The van der Waals surface area contributed by atoms with Gasteiger partial charge >= 0.3 is 4.87 Å². The summed E-state index contributed by atoms with van der Waals surface area (Å²) in [7, 11) is -3.73. The third kappa shape index (κ3) is 3.10. The van der Waals surface area contributed by atoms with Crippen LogP contribution in [0.3, 0.4) is 0 Å². The van der Waals surface area contributed by atoms with E-state index in [-0.39, 0.29) is 9.08 Å². The Kier molecular flexibility index (Phi) is 4.29. The first kappa shape index (κ1) is 14.8. The number of rotatable bonds is 5. The first-order valence-electron chi connectivity index (χ1n) is 6.24. The quantitative estimate of drug-likeness (QED) is 0.890. The Bertz CT molecular complexity index is 760. The number of benzene rings is 1. The molecule has 108 valence electrons. The van der Waals surface area contributed by atoms with Crippen molar-refractivity contribution in [2.75, 3.05) is 4.72 Å². The average molecular weight is 312 g/mol. The first-order chi connectivity index (χ1) is 9.44. The number of sulfonamides is 1. The maximum atomic E-state index is 12.3. The van der Waals surface area contributed by atoms with E-state index in [2.05, 4.69) is 9.71 Å². The minimum Gasteiger partial charge on any atom is -0.315 e. The maximum Gasteiger partial charge on any atom is 0.306 e. The van der Waals surface area contributed by atoms with E-state index in [0.29, 0.717) is 22.7 Å². The van der Waals surface area contributed by atoms with Crippen molar-refractivity contribution in [1.82, 2.24) is 4.98 Å². The van der Waals surface area contributed by atoms with Gasteiger partial charge in [0.2, 0.25) is 0 Å². The van der Waals surface area contributed by atoms with Crippen molar-refractivity contribution in [2.45, 2.75) is 30.9 Å². The summed E-state index contributed by atoms with van der Waals surface area (Å²) in [6.07, 6.45) is 1.72. The number of H-pyrrole nitrogens is 1.